The number of carboxylic acid groups (broad SMARTS) is 1. The number of thiophene rings is 1. The Morgan fingerprint density at radius 2 is 2.28 bits per heavy atom. The normalized spacial score (nSPS) is 11.2. The van der Waals surface area contributed by atoms with E-state index in [1.54, 1.807) is 17.4 Å². The van der Waals surface area contributed by atoms with Crippen LogP contribution in [0.15, 0.2) is 17.5 Å². The monoisotopic (exact) mass is 268 g/mol. The summed E-state index contributed by atoms with van der Waals surface area (Å²) in [5, 5.41) is 10.5. The molecule has 0 spiro atoms. The van der Waals surface area contributed by atoms with Crippen molar-refractivity contribution in [3.63, 3.8) is 0 Å². The Labute approximate surface area is 112 Å². The minimum absolute atomic E-state index is 0.573. The topological polar surface area (TPSA) is 46.5 Å². The third-order valence-electron chi connectivity index (χ3n) is 2.56. The number of ether oxygens (including phenoxy) is 1. The van der Waals surface area contributed by atoms with Crippen LogP contribution in [0.3, 0.4) is 0 Å². The fraction of sp³-hybridized carbons (Fsp3) is 0.500. The largest absolute Gasteiger partial charge is 0.478 e. The fourth-order valence-electron chi connectivity index (χ4n) is 1.57. The molecular formula is C14H20O3S. The van der Waals surface area contributed by atoms with Gasteiger partial charge in [0.2, 0.25) is 0 Å². The highest BCUT2D eigenvalue weighted by atomic mass is 32.1. The van der Waals surface area contributed by atoms with Crippen LogP contribution in [0.4, 0.5) is 0 Å². The van der Waals surface area contributed by atoms with Crippen molar-refractivity contribution in [2.75, 3.05) is 6.61 Å². The molecule has 1 aromatic rings. The zero-order valence-electron chi connectivity index (χ0n) is 10.7. The number of hydrogen-bond donors (Lipinski definition) is 1. The summed E-state index contributed by atoms with van der Waals surface area (Å²) in [6, 6.07) is 1.92. The molecule has 1 N–H and O–H groups in total. The van der Waals surface area contributed by atoms with Crippen molar-refractivity contribution in [1.29, 1.82) is 0 Å². The molecule has 4 heteroatoms. The van der Waals surface area contributed by atoms with Crippen LogP contribution in [0.2, 0.25) is 0 Å². The van der Waals surface area contributed by atoms with E-state index in [1.807, 2.05) is 11.4 Å². The minimum Gasteiger partial charge on any atom is -0.478 e. The van der Waals surface area contributed by atoms with E-state index in [1.165, 1.54) is 19.3 Å². The minimum atomic E-state index is -0.923. The molecule has 3 nitrogen and oxygen atoms in total. The summed E-state index contributed by atoms with van der Waals surface area (Å²) < 4.78 is 5.60. The molecule has 1 aromatic heterocycles. The molecule has 0 aliphatic rings. The summed E-state index contributed by atoms with van der Waals surface area (Å²) in [4.78, 5) is 11.5. The molecule has 0 saturated carbocycles. The second-order valence-electron chi connectivity index (χ2n) is 4.08. The third-order valence-corrected chi connectivity index (χ3v) is 3.47. The van der Waals surface area contributed by atoms with Crippen molar-refractivity contribution >= 4 is 23.4 Å². The zero-order valence-corrected chi connectivity index (χ0v) is 11.5. The Kier molecular flexibility index (Phi) is 7.37. The SMILES string of the molecule is CCCCCCOCc1sccc1C=CC(=O)O. The van der Waals surface area contributed by atoms with Gasteiger partial charge in [0.05, 0.1) is 6.61 Å². The highest BCUT2D eigenvalue weighted by Crippen LogP contribution is 2.19. The highest BCUT2D eigenvalue weighted by Gasteiger charge is 2.02. The van der Waals surface area contributed by atoms with Gasteiger partial charge >= 0.3 is 5.97 Å². The Morgan fingerprint density at radius 1 is 1.44 bits per heavy atom. The van der Waals surface area contributed by atoms with Crippen LogP contribution >= 0.6 is 11.3 Å². The molecule has 0 bridgehead atoms. The zero-order chi connectivity index (χ0) is 13.2. The van der Waals surface area contributed by atoms with Crippen molar-refractivity contribution in [3.05, 3.63) is 28.0 Å². The summed E-state index contributed by atoms with van der Waals surface area (Å²) >= 11 is 1.60. The lowest BCUT2D eigenvalue weighted by Gasteiger charge is -2.03. The van der Waals surface area contributed by atoms with E-state index in [-0.39, 0.29) is 0 Å². The number of hydrogen-bond acceptors (Lipinski definition) is 3. The Morgan fingerprint density at radius 3 is 3.00 bits per heavy atom. The average molecular weight is 268 g/mol. The van der Waals surface area contributed by atoms with E-state index in [2.05, 4.69) is 6.92 Å². The molecular weight excluding hydrogens is 248 g/mol. The average Bonchev–Trinajstić information content (AvgIpc) is 2.78. The van der Waals surface area contributed by atoms with Crippen LogP contribution in [0.1, 0.15) is 43.0 Å². The molecule has 0 saturated heterocycles. The molecule has 1 rings (SSSR count). The van der Waals surface area contributed by atoms with Crippen LogP contribution in [0.5, 0.6) is 0 Å². The smallest absolute Gasteiger partial charge is 0.328 e. The number of carboxylic acids is 1. The van der Waals surface area contributed by atoms with Crippen LogP contribution < -0.4 is 0 Å². The Bertz CT molecular complexity index is 382. The van der Waals surface area contributed by atoms with Gasteiger partial charge in [0.15, 0.2) is 0 Å². The van der Waals surface area contributed by atoms with Gasteiger partial charge < -0.3 is 9.84 Å². The van der Waals surface area contributed by atoms with Gasteiger partial charge in [-0.25, -0.2) is 4.79 Å². The molecule has 1 heterocycles. The maximum absolute atomic E-state index is 10.5. The van der Waals surface area contributed by atoms with Crippen molar-refractivity contribution in [3.8, 4) is 0 Å². The fourth-order valence-corrected chi connectivity index (χ4v) is 2.38. The van der Waals surface area contributed by atoms with E-state index < -0.39 is 5.97 Å². The Hall–Kier alpha value is -1.13. The van der Waals surface area contributed by atoms with Gasteiger partial charge in [0, 0.05) is 17.6 Å². The predicted octanol–water partition coefficient (Wildman–Crippen LogP) is 3.94. The van der Waals surface area contributed by atoms with Crippen LogP contribution in [-0.2, 0) is 16.1 Å². The van der Waals surface area contributed by atoms with Gasteiger partial charge in [-0.1, -0.05) is 26.2 Å². The molecule has 0 unspecified atom stereocenters. The third kappa shape index (κ3) is 5.98. The van der Waals surface area contributed by atoms with Gasteiger partial charge in [-0.15, -0.1) is 11.3 Å². The highest BCUT2D eigenvalue weighted by molar-refractivity contribution is 7.10. The lowest BCUT2D eigenvalue weighted by molar-refractivity contribution is -0.131. The summed E-state index contributed by atoms with van der Waals surface area (Å²) in [6.07, 6.45) is 7.58. The first-order valence-corrected chi connectivity index (χ1v) is 7.17. The van der Waals surface area contributed by atoms with Crippen LogP contribution in [0, 0.1) is 0 Å². The van der Waals surface area contributed by atoms with E-state index in [0.29, 0.717) is 6.61 Å². The van der Waals surface area contributed by atoms with Gasteiger partial charge in [-0.05, 0) is 29.5 Å². The molecule has 0 aliphatic carbocycles. The number of unbranched alkanes of at least 4 members (excludes halogenated alkanes) is 3. The molecule has 0 fully saturated rings. The van der Waals surface area contributed by atoms with Crippen molar-refractivity contribution in [1.82, 2.24) is 0 Å². The molecule has 0 radical (unpaired) electrons. The quantitative estimate of drug-likeness (QED) is 0.545. The molecule has 0 aliphatic heterocycles. The molecule has 0 atom stereocenters. The summed E-state index contributed by atoms with van der Waals surface area (Å²) in [6.45, 7) is 3.54. The van der Waals surface area contributed by atoms with Crippen molar-refractivity contribution in [2.24, 2.45) is 0 Å². The van der Waals surface area contributed by atoms with Crippen molar-refractivity contribution in [2.45, 2.75) is 39.2 Å². The summed E-state index contributed by atoms with van der Waals surface area (Å²) in [7, 11) is 0. The second-order valence-corrected chi connectivity index (χ2v) is 5.08. The molecule has 0 amide bonds. The Balaban J connectivity index is 2.30. The lowest BCUT2D eigenvalue weighted by atomic mass is 10.2. The van der Waals surface area contributed by atoms with Gasteiger partial charge in [0.1, 0.15) is 0 Å². The molecule has 0 aromatic carbocycles. The first-order chi connectivity index (χ1) is 8.74. The van der Waals surface area contributed by atoms with Gasteiger partial charge in [0.25, 0.3) is 0 Å². The van der Waals surface area contributed by atoms with E-state index >= 15 is 0 Å². The van der Waals surface area contributed by atoms with E-state index in [0.717, 1.165) is 29.5 Å². The van der Waals surface area contributed by atoms with E-state index in [9.17, 15) is 4.79 Å². The number of rotatable bonds is 9. The maximum atomic E-state index is 10.5. The first kappa shape index (κ1) is 14.9. The number of carbonyl (C=O) groups is 1. The second kappa shape index (κ2) is 8.89. The number of aliphatic carboxylic acids is 1. The van der Waals surface area contributed by atoms with Crippen LogP contribution in [0.25, 0.3) is 6.08 Å². The van der Waals surface area contributed by atoms with Gasteiger partial charge in [-0.2, -0.15) is 0 Å². The van der Waals surface area contributed by atoms with E-state index in [4.69, 9.17) is 9.84 Å². The maximum Gasteiger partial charge on any atom is 0.328 e. The predicted molar refractivity (Wildman–Crippen MR) is 74.8 cm³/mol. The molecule has 18 heavy (non-hydrogen) atoms. The summed E-state index contributed by atoms with van der Waals surface area (Å²) in [5.41, 5.74) is 0.941. The van der Waals surface area contributed by atoms with Crippen molar-refractivity contribution < 1.29 is 14.6 Å². The van der Waals surface area contributed by atoms with Gasteiger partial charge in [-0.3, -0.25) is 0 Å². The van der Waals surface area contributed by atoms with Crippen LogP contribution in [-0.4, -0.2) is 17.7 Å². The standard InChI is InChI=1S/C14H20O3S/c1-2-3-4-5-9-17-11-13-12(8-10-18-13)6-7-14(15)16/h6-8,10H,2-5,9,11H2,1H3,(H,15,16). The molecule has 100 valence electrons. The first-order valence-electron chi connectivity index (χ1n) is 6.29. The summed E-state index contributed by atoms with van der Waals surface area (Å²) in [5.74, 6) is -0.923. The lowest BCUT2D eigenvalue weighted by Crippen LogP contribution is -1.95.